The molecule has 0 aromatic rings. The van der Waals surface area contributed by atoms with E-state index in [1.165, 1.54) is 0 Å². The molecule has 0 aromatic heterocycles. The van der Waals surface area contributed by atoms with Crippen molar-refractivity contribution in [1.82, 2.24) is 0 Å². The van der Waals surface area contributed by atoms with Gasteiger partial charge in [0.05, 0.1) is 0 Å². The van der Waals surface area contributed by atoms with Gasteiger partial charge in [-0.2, -0.15) is 0 Å². The minimum Gasteiger partial charge on any atom is -0.0699 e. The van der Waals surface area contributed by atoms with Gasteiger partial charge >= 0.3 is 0 Å². The van der Waals surface area contributed by atoms with Gasteiger partial charge in [0.2, 0.25) is 0 Å². The van der Waals surface area contributed by atoms with E-state index >= 15 is 0 Å². The van der Waals surface area contributed by atoms with Gasteiger partial charge in [-0.1, -0.05) is 114 Å². The first-order valence-corrected chi connectivity index (χ1v) is 16.1. The van der Waals surface area contributed by atoms with Crippen molar-refractivity contribution < 1.29 is 0 Å². The minimum absolute atomic E-state index is 0.168. The maximum absolute atomic E-state index is 2.53. The third-order valence-corrected chi connectivity index (χ3v) is 31.1. The molecule has 0 saturated carbocycles. The van der Waals surface area contributed by atoms with Crippen LogP contribution >= 0.6 is 30.4 Å². The molecule has 1 rings (SSSR count). The van der Waals surface area contributed by atoms with Gasteiger partial charge in [0.1, 0.15) is 0 Å². The molecule has 22 heavy (non-hydrogen) atoms. The Balaban J connectivity index is 3.30. The van der Waals surface area contributed by atoms with Crippen LogP contribution in [0.4, 0.5) is 0 Å². The molecular formula is C18H40P4. The summed E-state index contributed by atoms with van der Waals surface area (Å²) in [5.74, 6) is 3.17. The molecule has 0 radical (unpaired) electrons. The predicted molar refractivity (Wildman–Crippen MR) is 116 cm³/mol. The standard InChI is InChI=1S/C18H40P4/c1-15(2,3)19-13-21(17(7,8)9)22(18(10,11)12)14-20(19)16(4,5)6/h13-14H2,1-12H3/t19-,20-,21+,22+. The second-order valence-corrected chi connectivity index (χ2v) is 27.2. The highest BCUT2D eigenvalue weighted by molar-refractivity contribution is 8.47. The van der Waals surface area contributed by atoms with Gasteiger partial charge < -0.3 is 0 Å². The number of hydrogen-bond acceptors (Lipinski definition) is 0. The van der Waals surface area contributed by atoms with Gasteiger partial charge in [0, 0.05) is 0 Å². The Morgan fingerprint density at radius 1 is 0.364 bits per heavy atom. The first-order valence-electron chi connectivity index (χ1n) is 8.56. The second kappa shape index (κ2) is 6.79. The summed E-state index contributed by atoms with van der Waals surface area (Å²) in [6.45, 7) is 30.3. The molecule has 0 bridgehead atoms. The lowest BCUT2D eigenvalue weighted by atomic mass is 10.3. The maximum atomic E-state index is 2.53. The van der Waals surface area contributed by atoms with E-state index in [0.29, 0.717) is 20.6 Å². The van der Waals surface area contributed by atoms with E-state index in [-0.39, 0.29) is 30.4 Å². The van der Waals surface area contributed by atoms with Gasteiger partial charge in [-0.25, -0.2) is 0 Å². The normalized spacial score (nSPS) is 32.2. The Kier molecular flexibility index (Phi) is 6.72. The Hall–Kier alpha value is 1.72. The molecule has 0 N–H and O–H groups in total. The SMILES string of the molecule is CC(C)(C)[P@]1C[P@](C(C)(C)C)[P@@](C(C)(C)C)C[P@@]1C(C)(C)C. The van der Waals surface area contributed by atoms with Crippen LogP contribution in [0.2, 0.25) is 0 Å². The van der Waals surface area contributed by atoms with Crippen molar-refractivity contribution >= 4 is 30.4 Å². The molecule has 1 aliphatic heterocycles. The van der Waals surface area contributed by atoms with Crippen LogP contribution in [0.25, 0.3) is 0 Å². The summed E-state index contributed by atoms with van der Waals surface area (Å²) in [6.07, 6.45) is 0. The third-order valence-electron chi connectivity index (χ3n) is 4.22. The molecule has 0 aromatic carbocycles. The van der Waals surface area contributed by atoms with Crippen LogP contribution in [0, 0.1) is 0 Å². The summed E-state index contributed by atoms with van der Waals surface area (Å²) < 4.78 is 0. The first-order chi connectivity index (χ1) is 9.45. The Labute approximate surface area is 146 Å². The van der Waals surface area contributed by atoms with Crippen LogP contribution in [0.15, 0.2) is 0 Å². The summed E-state index contributed by atoms with van der Waals surface area (Å²) in [5, 5.41) is 2.11. The van der Waals surface area contributed by atoms with Crippen molar-refractivity contribution in [3.63, 3.8) is 0 Å². The summed E-state index contributed by atoms with van der Waals surface area (Å²) in [7, 11) is 0.673. The van der Waals surface area contributed by atoms with E-state index in [1.807, 2.05) is 0 Å². The van der Waals surface area contributed by atoms with Gasteiger partial charge in [0.15, 0.2) is 0 Å². The van der Waals surface area contributed by atoms with Crippen LogP contribution < -0.4 is 0 Å². The van der Waals surface area contributed by atoms with Crippen LogP contribution in [0.5, 0.6) is 0 Å². The van der Waals surface area contributed by atoms with Crippen molar-refractivity contribution in [1.29, 1.82) is 0 Å². The third kappa shape index (κ3) is 5.36. The highest BCUT2D eigenvalue weighted by atomic mass is 32.1. The first kappa shape index (κ1) is 21.8. The average Bonchev–Trinajstić information content (AvgIpc) is 2.22. The molecule has 0 spiro atoms. The monoisotopic (exact) mass is 380 g/mol. The predicted octanol–water partition coefficient (Wildman–Crippen LogP) is 8.87. The highest BCUT2D eigenvalue weighted by Crippen LogP contribution is 2.98. The molecule has 4 atom stereocenters. The van der Waals surface area contributed by atoms with Crippen molar-refractivity contribution in [2.75, 3.05) is 11.8 Å². The lowest BCUT2D eigenvalue weighted by molar-refractivity contribution is 0.765. The van der Waals surface area contributed by atoms with Crippen LogP contribution in [-0.4, -0.2) is 32.4 Å². The summed E-state index contributed by atoms with van der Waals surface area (Å²) in [5.41, 5.74) is 0. The molecule has 4 heteroatoms. The Morgan fingerprint density at radius 2 is 0.500 bits per heavy atom. The topological polar surface area (TPSA) is 0 Å². The quantitative estimate of drug-likeness (QED) is 0.368. The van der Waals surface area contributed by atoms with Crippen molar-refractivity contribution in [2.45, 2.75) is 104 Å². The van der Waals surface area contributed by atoms with Crippen molar-refractivity contribution in [2.24, 2.45) is 0 Å². The zero-order valence-corrected chi connectivity index (χ0v) is 20.8. The average molecular weight is 380 g/mol. The Morgan fingerprint density at radius 3 is 0.591 bits per heavy atom. The summed E-state index contributed by atoms with van der Waals surface area (Å²) in [4.78, 5) is 0. The molecule has 1 saturated heterocycles. The number of hydrogen-bond donors (Lipinski definition) is 0. The number of rotatable bonds is 0. The summed E-state index contributed by atoms with van der Waals surface area (Å²) in [6, 6.07) is 0. The van der Waals surface area contributed by atoms with E-state index in [4.69, 9.17) is 0 Å². The van der Waals surface area contributed by atoms with Gasteiger partial charge in [-0.05, 0) is 32.4 Å². The fourth-order valence-electron chi connectivity index (χ4n) is 2.86. The van der Waals surface area contributed by atoms with Crippen LogP contribution in [0.3, 0.4) is 0 Å². The van der Waals surface area contributed by atoms with E-state index in [0.717, 1.165) is 0 Å². The van der Waals surface area contributed by atoms with E-state index < -0.39 is 0 Å². The fourth-order valence-corrected chi connectivity index (χ4v) is 37.6. The lowest BCUT2D eigenvalue weighted by Crippen LogP contribution is -2.28. The fraction of sp³-hybridized carbons (Fsp3) is 1.00. The minimum atomic E-state index is 0.168. The molecular weight excluding hydrogens is 340 g/mol. The van der Waals surface area contributed by atoms with Crippen molar-refractivity contribution in [3.05, 3.63) is 0 Å². The van der Waals surface area contributed by atoms with Gasteiger partial charge in [-0.15, -0.1) is 0 Å². The van der Waals surface area contributed by atoms with E-state index in [2.05, 4.69) is 83.1 Å². The zero-order chi connectivity index (χ0) is 17.7. The van der Waals surface area contributed by atoms with E-state index in [1.54, 1.807) is 11.8 Å². The lowest BCUT2D eigenvalue weighted by Gasteiger charge is -2.57. The molecule has 0 amide bonds. The van der Waals surface area contributed by atoms with Crippen LogP contribution in [-0.2, 0) is 0 Å². The molecule has 0 unspecified atom stereocenters. The van der Waals surface area contributed by atoms with Crippen molar-refractivity contribution in [3.8, 4) is 0 Å². The molecule has 1 fully saturated rings. The van der Waals surface area contributed by atoms with Gasteiger partial charge in [-0.3, -0.25) is 0 Å². The molecule has 0 nitrogen and oxygen atoms in total. The maximum Gasteiger partial charge on any atom is -0.00329 e. The van der Waals surface area contributed by atoms with Gasteiger partial charge in [0.25, 0.3) is 0 Å². The Bertz CT molecular complexity index is 302. The molecule has 1 aliphatic rings. The molecule has 1 heterocycles. The van der Waals surface area contributed by atoms with Crippen LogP contribution in [0.1, 0.15) is 83.1 Å². The summed E-state index contributed by atoms with van der Waals surface area (Å²) >= 11 is 0. The van der Waals surface area contributed by atoms with E-state index in [9.17, 15) is 0 Å². The molecule has 0 aliphatic carbocycles. The second-order valence-electron chi connectivity index (χ2n) is 10.6. The largest absolute Gasteiger partial charge is 0.0699 e. The highest BCUT2D eigenvalue weighted by Gasteiger charge is 2.50. The zero-order valence-electron chi connectivity index (χ0n) is 17.2. The molecule has 132 valence electrons. The smallest absolute Gasteiger partial charge is 0.00329 e.